The van der Waals surface area contributed by atoms with Gasteiger partial charge in [-0.1, -0.05) is 6.07 Å². The molecule has 7 heteroatoms. The Hall–Kier alpha value is -1.99. The maximum atomic E-state index is 11.0. The number of amides is 2. The molecule has 1 aromatic rings. The van der Waals surface area contributed by atoms with Crippen molar-refractivity contribution < 1.29 is 9.59 Å². The van der Waals surface area contributed by atoms with E-state index in [2.05, 4.69) is 4.98 Å². The maximum absolute atomic E-state index is 11.0. The van der Waals surface area contributed by atoms with E-state index in [0.29, 0.717) is 0 Å². The second-order valence-corrected chi connectivity index (χ2v) is 3.88. The van der Waals surface area contributed by atoms with Crippen LogP contribution in [0.4, 0.5) is 0 Å². The van der Waals surface area contributed by atoms with Crippen LogP contribution in [-0.4, -0.2) is 41.3 Å². The van der Waals surface area contributed by atoms with Crippen molar-refractivity contribution in [3.8, 4) is 0 Å². The van der Waals surface area contributed by atoms with Crippen LogP contribution in [0.3, 0.4) is 0 Å². The highest BCUT2D eigenvalue weighted by Crippen LogP contribution is 2.17. The predicted molar refractivity (Wildman–Crippen MR) is 66.0 cm³/mol. The van der Waals surface area contributed by atoms with Crippen molar-refractivity contribution >= 4 is 11.8 Å². The number of nitrogens with two attached hydrogens (primary N) is 3. The first-order valence-corrected chi connectivity index (χ1v) is 5.45. The van der Waals surface area contributed by atoms with Gasteiger partial charge in [0.05, 0.1) is 13.1 Å². The zero-order valence-corrected chi connectivity index (χ0v) is 9.95. The predicted octanol–water partition coefficient (Wildman–Crippen LogP) is -1.65. The second-order valence-electron chi connectivity index (χ2n) is 3.88. The van der Waals surface area contributed by atoms with Crippen molar-refractivity contribution in [3.63, 3.8) is 0 Å². The number of hydrogen-bond acceptors (Lipinski definition) is 5. The topological polar surface area (TPSA) is 128 Å². The Kier molecular flexibility index (Phi) is 5.22. The second kappa shape index (κ2) is 6.67. The van der Waals surface area contributed by atoms with Gasteiger partial charge in [-0.2, -0.15) is 0 Å². The van der Waals surface area contributed by atoms with E-state index in [1.165, 1.54) is 0 Å². The van der Waals surface area contributed by atoms with Gasteiger partial charge in [0, 0.05) is 25.0 Å². The molecule has 0 aliphatic rings. The van der Waals surface area contributed by atoms with Crippen LogP contribution in [0.2, 0.25) is 0 Å². The molecule has 1 rings (SSSR count). The number of primary amides is 2. The molecule has 0 fully saturated rings. The van der Waals surface area contributed by atoms with Gasteiger partial charge in [0.1, 0.15) is 0 Å². The van der Waals surface area contributed by atoms with Crippen molar-refractivity contribution in [1.82, 2.24) is 9.88 Å². The fraction of sp³-hybridized carbons (Fsp3) is 0.364. The summed E-state index contributed by atoms with van der Waals surface area (Å²) in [5.74, 6) is -1.09. The van der Waals surface area contributed by atoms with Crippen LogP contribution >= 0.6 is 0 Å². The van der Waals surface area contributed by atoms with E-state index in [-0.39, 0.29) is 25.7 Å². The van der Waals surface area contributed by atoms with Crippen molar-refractivity contribution in [1.29, 1.82) is 0 Å². The zero-order chi connectivity index (χ0) is 13.5. The number of carbonyl (C=O) groups is 2. The third-order valence-electron chi connectivity index (χ3n) is 2.45. The molecule has 0 radical (unpaired) electrons. The molecule has 0 bridgehead atoms. The van der Waals surface area contributed by atoms with Crippen LogP contribution in [0.1, 0.15) is 11.6 Å². The Morgan fingerprint density at radius 3 is 2.28 bits per heavy atom. The van der Waals surface area contributed by atoms with E-state index < -0.39 is 11.8 Å². The average molecular weight is 251 g/mol. The van der Waals surface area contributed by atoms with Gasteiger partial charge < -0.3 is 17.2 Å². The minimum atomic E-state index is -0.543. The molecule has 0 spiro atoms. The summed E-state index contributed by atoms with van der Waals surface area (Å²) in [7, 11) is 0. The minimum absolute atomic E-state index is 0.0836. The molecule has 0 saturated heterocycles. The first kappa shape index (κ1) is 14.1. The Labute approximate surface area is 105 Å². The van der Waals surface area contributed by atoms with Gasteiger partial charge in [-0.05, 0) is 11.6 Å². The highest BCUT2D eigenvalue weighted by Gasteiger charge is 2.22. The van der Waals surface area contributed by atoms with Crippen LogP contribution in [0.15, 0.2) is 24.5 Å². The first-order valence-electron chi connectivity index (χ1n) is 5.45. The summed E-state index contributed by atoms with van der Waals surface area (Å²) in [4.78, 5) is 27.6. The van der Waals surface area contributed by atoms with Crippen molar-refractivity contribution in [3.05, 3.63) is 30.1 Å². The standard InChI is InChI=1S/C11H17N5O2/c12-4-9(8-2-1-3-15-5-8)16(6-10(13)17)7-11(14)18/h1-3,5,9H,4,6-7,12H2,(H2,13,17)(H2,14,18). The Morgan fingerprint density at radius 2 is 1.89 bits per heavy atom. The third kappa shape index (κ3) is 4.11. The number of pyridine rings is 1. The van der Waals surface area contributed by atoms with E-state index in [4.69, 9.17) is 17.2 Å². The van der Waals surface area contributed by atoms with Crippen molar-refractivity contribution in [2.24, 2.45) is 17.2 Å². The molecule has 1 unspecified atom stereocenters. The molecule has 1 atom stereocenters. The molecule has 0 aliphatic heterocycles. The molecule has 7 nitrogen and oxygen atoms in total. The monoisotopic (exact) mass is 251 g/mol. The molecular weight excluding hydrogens is 234 g/mol. The average Bonchev–Trinajstić information content (AvgIpc) is 2.29. The highest BCUT2D eigenvalue weighted by atomic mass is 16.2. The summed E-state index contributed by atoms with van der Waals surface area (Å²) in [5, 5.41) is 0. The van der Waals surface area contributed by atoms with E-state index in [1.54, 1.807) is 23.4 Å². The van der Waals surface area contributed by atoms with Crippen LogP contribution < -0.4 is 17.2 Å². The molecule has 1 aromatic heterocycles. The van der Waals surface area contributed by atoms with Gasteiger partial charge in [0.15, 0.2) is 0 Å². The maximum Gasteiger partial charge on any atom is 0.231 e. The number of rotatable bonds is 7. The van der Waals surface area contributed by atoms with Gasteiger partial charge in [0.25, 0.3) is 0 Å². The largest absolute Gasteiger partial charge is 0.369 e. The Balaban J connectivity index is 2.92. The van der Waals surface area contributed by atoms with E-state index >= 15 is 0 Å². The fourth-order valence-electron chi connectivity index (χ4n) is 1.75. The summed E-state index contributed by atoms with van der Waals surface area (Å²) in [5.41, 5.74) is 16.8. The smallest absolute Gasteiger partial charge is 0.231 e. The molecular formula is C11H17N5O2. The fourth-order valence-corrected chi connectivity index (χ4v) is 1.75. The zero-order valence-electron chi connectivity index (χ0n) is 9.95. The van der Waals surface area contributed by atoms with Crippen LogP contribution in [0, 0.1) is 0 Å². The molecule has 1 heterocycles. The molecule has 0 aromatic carbocycles. The lowest BCUT2D eigenvalue weighted by Gasteiger charge is -2.28. The van der Waals surface area contributed by atoms with Crippen LogP contribution in [-0.2, 0) is 9.59 Å². The molecule has 6 N–H and O–H groups in total. The minimum Gasteiger partial charge on any atom is -0.369 e. The summed E-state index contributed by atoms with van der Waals surface area (Å²) < 4.78 is 0. The van der Waals surface area contributed by atoms with Crippen LogP contribution in [0.5, 0.6) is 0 Å². The summed E-state index contributed by atoms with van der Waals surface area (Å²) in [6, 6.07) is 3.25. The SMILES string of the molecule is NCC(c1cccnc1)N(CC(N)=O)CC(N)=O. The number of nitrogens with zero attached hydrogens (tertiary/aromatic N) is 2. The van der Waals surface area contributed by atoms with Gasteiger partial charge >= 0.3 is 0 Å². The van der Waals surface area contributed by atoms with Crippen LogP contribution in [0.25, 0.3) is 0 Å². The normalized spacial score (nSPS) is 12.3. The van der Waals surface area contributed by atoms with Gasteiger partial charge in [0.2, 0.25) is 11.8 Å². The quantitative estimate of drug-likeness (QED) is 0.535. The molecule has 0 aliphatic carbocycles. The molecule has 2 amide bonds. The lowest BCUT2D eigenvalue weighted by atomic mass is 10.1. The lowest BCUT2D eigenvalue weighted by Crippen LogP contribution is -2.44. The van der Waals surface area contributed by atoms with Gasteiger partial charge in [-0.3, -0.25) is 19.5 Å². The van der Waals surface area contributed by atoms with E-state index in [1.807, 2.05) is 6.07 Å². The lowest BCUT2D eigenvalue weighted by molar-refractivity contribution is -0.122. The molecule has 18 heavy (non-hydrogen) atoms. The number of aromatic nitrogens is 1. The number of carbonyl (C=O) groups excluding carboxylic acids is 2. The Morgan fingerprint density at radius 1 is 1.28 bits per heavy atom. The highest BCUT2D eigenvalue weighted by molar-refractivity contribution is 5.79. The molecule has 0 saturated carbocycles. The van der Waals surface area contributed by atoms with Gasteiger partial charge in [-0.15, -0.1) is 0 Å². The third-order valence-corrected chi connectivity index (χ3v) is 2.45. The van der Waals surface area contributed by atoms with E-state index in [0.717, 1.165) is 5.56 Å². The summed E-state index contributed by atoms with van der Waals surface area (Å²) in [6.45, 7) is 0.0612. The first-order chi connectivity index (χ1) is 8.54. The summed E-state index contributed by atoms with van der Waals surface area (Å²) in [6.07, 6.45) is 3.26. The van der Waals surface area contributed by atoms with Crippen molar-refractivity contribution in [2.45, 2.75) is 6.04 Å². The Bertz CT molecular complexity index is 393. The van der Waals surface area contributed by atoms with E-state index in [9.17, 15) is 9.59 Å². The number of hydrogen-bond donors (Lipinski definition) is 3. The summed E-state index contributed by atoms with van der Waals surface area (Å²) >= 11 is 0. The molecule has 98 valence electrons. The van der Waals surface area contributed by atoms with Crippen molar-refractivity contribution in [2.75, 3.05) is 19.6 Å². The van der Waals surface area contributed by atoms with Gasteiger partial charge in [-0.25, -0.2) is 0 Å².